The van der Waals surface area contributed by atoms with Gasteiger partial charge in [0.2, 0.25) is 0 Å². The first kappa shape index (κ1) is 21.0. The van der Waals surface area contributed by atoms with E-state index in [2.05, 4.69) is 0 Å². The van der Waals surface area contributed by atoms with Crippen LogP contribution in [0, 0.1) is 13.8 Å². The van der Waals surface area contributed by atoms with Crippen molar-refractivity contribution in [3.05, 3.63) is 113 Å². The van der Waals surface area contributed by atoms with Crippen LogP contribution in [-0.2, 0) is 14.3 Å². The molecule has 0 aliphatic carbocycles. The Balaban J connectivity index is 1.66. The Morgan fingerprint density at radius 3 is 1.97 bits per heavy atom. The van der Waals surface area contributed by atoms with Gasteiger partial charge in [-0.15, -0.1) is 0 Å². The van der Waals surface area contributed by atoms with E-state index in [9.17, 15) is 9.90 Å². The van der Waals surface area contributed by atoms with E-state index in [1.165, 1.54) is 0 Å². The molecule has 0 spiro atoms. The molecule has 3 aromatic rings. The van der Waals surface area contributed by atoms with E-state index < -0.39 is 30.4 Å². The summed E-state index contributed by atoms with van der Waals surface area (Å²) < 4.78 is 12.2. The Morgan fingerprint density at radius 2 is 1.35 bits per heavy atom. The van der Waals surface area contributed by atoms with Crippen LogP contribution in [0.2, 0.25) is 0 Å². The summed E-state index contributed by atoms with van der Waals surface area (Å²) in [5.74, 6) is -0.566. The fourth-order valence-electron chi connectivity index (χ4n) is 3.91. The molecule has 1 fully saturated rings. The number of ether oxygens (including phenoxy) is 2. The predicted molar refractivity (Wildman–Crippen MR) is 120 cm³/mol. The van der Waals surface area contributed by atoms with Crippen LogP contribution in [0.15, 0.2) is 84.9 Å². The number of aryl methyl sites for hydroxylation is 2. The molecule has 0 saturated carbocycles. The second-order valence-electron chi connectivity index (χ2n) is 7.81. The lowest BCUT2D eigenvalue weighted by atomic mass is 9.91. The maximum atomic E-state index is 12.9. The van der Waals surface area contributed by atoms with Gasteiger partial charge in [-0.3, -0.25) is 0 Å². The van der Waals surface area contributed by atoms with Crippen LogP contribution in [0.1, 0.15) is 40.0 Å². The predicted octanol–water partition coefficient (Wildman–Crippen LogP) is 5.10. The van der Waals surface area contributed by atoms with Gasteiger partial charge >= 0.3 is 5.97 Å². The molecule has 4 atom stereocenters. The normalized spacial score (nSPS) is 22.3. The zero-order valence-electron chi connectivity index (χ0n) is 17.6. The van der Waals surface area contributed by atoms with Gasteiger partial charge in [0.25, 0.3) is 0 Å². The highest BCUT2D eigenvalue weighted by atomic mass is 16.6. The first-order valence-corrected chi connectivity index (χ1v) is 10.4. The van der Waals surface area contributed by atoms with Crippen molar-refractivity contribution in [3.63, 3.8) is 0 Å². The molecule has 1 heterocycles. The lowest BCUT2D eigenvalue weighted by Crippen LogP contribution is -2.44. The topological polar surface area (TPSA) is 55.8 Å². The monoisotopic (exact) mass is 414 g/mol. The summed E-state index contributed by atoms with van der Waals surface area (Å²) >= 11 is 0. The lowest BCUT2D eigenvalue weighted by molar-refractivity contribution is -0.212. The number of esters is 1. The van der Waals surface area contributed by atoms with Crippen LogP contribution in [-0.4, -0.2) is 23.3 Å². The number of carbonyl (C=O) groups is 1. The van der Waals surface area contributed by atoms with Gasteiger partial charge < -0.3 is 14.6 Å². The third-order valence-corrected chi connectivity index (χ3v) is 5.63. The number of aliphatic hydroxyl groups excluding tert-OH is 1. The minimum Gasteiger partial charge on any atom is -0.452 e. The number of hydrogen-bond donors (Lipinski definition) is 1. The third kappa shape index (κ3) is 4.61. The van der Waals surface area contributed by atoms with Crippen molar-refractivity contribution >= 4 is 12.0 Å². The minimum atomic E-state index is -1.13. The van der Waals surface area contributed by atoms with Gasteiger partial charge in [-0.05, 0) is 41.7 Å². The highest BCUT2D eigenvalue weighted by Crippen LogP contribution is 2.42. The first-order chi connectivity index (χ1) is 15.0. The molecule has 4 nitrogen and oxygen atoms in total. The van der Waals surface area contributed by atoms with Crippen molar-refractivity contribution < 1.29 is 19.4 Å². The van der Waals surface area contributed by atoms with Crippen LogP contribution in [0.3, 0.4) is 0 Å². The largest absolute Gasteiger partial charge is 0.452 e. The van der Waals surface area contributed by atoms with E-state index in [0.717, 1.165) is 27.8 Å². The summed E-state index contributed by atoms with van der Waals surface area (Å²) in [6, 6.07) is 25.3. The fraction of sp³-hybridized carbons (Fsp3) is 0.222. The molecular formula is C27H26O4. The molecule has 4 heteroatoms. The molecule has 1 aliphatic heterocycles. The molecule has 158 valence electrons. The highest BCUT2D eigenvalue weighted by Gasteiger charge is 2.43. The van der Waals surface area contributed by atoms with Gasteiger partial charge in [0.05, 0.1) is 0 Å². The van der Waals surface area contributed by atoms with Crippen molar-refractivity contribution in [2.45, 2.75) is 38.3 Å². The smallest absolute Gasteiger partial charge is 0.339 e. The Hall–Kier alpha value is -3.21. The van der Waals surface area contributed by atoms with Crippen LogP contribution >= 0.6 is 0 Å². The second-order valence-corrected chi connectivity index (χ2v) is 7.81. The van der Waals surface area contributed by atoms with Gasteiger partial charge in [-0.1, -0.05) is 91.0 Å². The number of aliphatic hydroxyl groups is 1. The standard InChI is InChI=1S/C27H26O4/c1-18-10-6-8-14-21(18)24-25(22-15-9-7-11-19(22)2)31-27(29)26(30-24)23(28)17-16-20-12-4-3-5-13-20/h3-17,23-26,28H,1-2H3/b17-16+/t23-,24-,25-,26-/m0/s1. The molecular weight excluding hydrogens is 388 g/mol. The van der Waals surface area contributed by atoms with Gasteiger partial charge in [0.1, 0.15) is 12.2 Å². The average Bonchev–Trinajstić information content (AvgIpc) is 2.79. The number of carbonyl (C=O) groups excluding carboxylic acids is 1. The summed E-state index contributed by atoms with van der Waals surface area (Å²) in [5.41, 5.74) is 4.82. The minimum absolute atomic E-state index is 0.523. The van der Waals surface area contributed by atoms with Crippen molar-refractivity contribution in [2.75, 3.05) is 0 Å². The van der Waals surface area contributed by atoms with E-state index in [1.807, 2.05) is 92.7 Å². The van der Waals surface area contributed by atoms with Gasteiger partial charge in [0.15, 0.2) is 12.2 Å². The Kier molecular flexibility index (Phi) is 6.31. The maximum absolute atomic E-state index is 12.9. The second kappa shape index (κ2) is 9.29. The van der Waals surface area contributed by atoms with E-state index in [0.29, 0.717) is 0 Å². The van der Waals surface area contributed by atoms with Gasteiger partial charge in [0, 0.05) is 0 Å². The van der Waals surface area contributed by atoms with E-state index in [1.54, 1.807) is 12.2 Å². The quantitative estimate of drug-likeness (QED) is 0.590. The van der Waals surface area contributed by atoms with E-state index in [4.69, 9.17) is 9.47 Å². The molecule has 1 saturated heterocycles. The summed E-state index contributed by atoms with van der Waals surface area (Å²) in [5, 5.41) is 10.7. The lowest BCUT2D eigenvalue weighted by Gasteiger charge is -2.38. The number of rotatable bonds is 5. The molecule has 1 aliphatic rings. The molecule has 0 radical (unpaired) electrons. The summed E-state index contributed by atoms with van der Waals surface area (Å²) in [7, 11) is 0. The van der Waals surface area contributed by atoms with Crippen LogP contribution < -0.4 is 0 Å². The van der Waals surface area contributed by atoms with Gasteiger partial charge in [-0.25, -0.2) is 4.79 Å². The molecule has 4 rings (SSSR count). The third-order valence-electron chi connectivity index (χ3n) is 5.63. The average molecular weight is 415 g/mol. The van der Waals surface area contributed by atoms with Crippen molar-refractivity contribution in [1.82, 2.24) is 0 Å². The molecule has 0 bridgehead atoms. The van der Waals surface area contributed by atoms with Crippen LogP contribution in [0.4, 0.5) is 0 Å². The summed E-state index contributed by atoms with van der Waals surface area (Å²) in [6.07, 6.45) is 0.00455. The van der Waals surface area contributed by atoms with E-state index >= 15 is 0 Å². The Morgan fingerprint density at radius 1 is 0.806 bits per heavy atom. The molecule has 0 amide bonds. The number of benzene rings is 3. The zero-order chi connectivity index (χ0) is 21.8. The summed E-state index contributed by atoms with van der Waals surface area (Å²) in [6.45, 7) is 3.99. The van der Waals surface area contributed by atoms with Crippen molar-refractivity contribution in [3.8, 4) is 0 Å². The highest BCUT2D eigenvalue weighted by molar-refractivity contribution is 5.77. The van der Waals surface area contributed by atoms with Crippen LogP contribution in [0.25, 0.3) is 6.08 Å². The maximum Gasteiger partial charge on any atom is 0.339 e. The van der Waals surface area contributed by atoms with Crippen LogP contribution in [0.5, 0.6) is 0 Å². The van der Waals surface area contributed by atoms with E-state index in [-0.39, 0.29) is 0 Å². The molecule has 0 aromatic heterocycles. The zero-order valence-corrected chi connectivity index (χ0v) is 17.6. The number of cyclic esters (lactones) is 1. The molecule has 3 aromatic carbocycles. The molecule has 31 heavy (non-hydrogen) atoms. The Bertz CT molecular complexity index is 1070. The summed E-state index contributed by atoms with van der Waals surface area (Å²) in [4.78, 5) is 12.9. The van der Waals surface area contributed by atoms with Gasteiger partial charge in [-0.2, -0.15) is 0 Å². The SMILES string of the molecule is Cc1ccccc1[C@@H]1OC(=O)[C@H]([C@@H](O)/C=C/c2ccccc2)O[C@H]1c1ccccc1C. The fourth-order valence-corrected chi connectivity index (χ4v) is 3.91. The van der Waals surface area contributed by atoms with Crippen molar-refractivity contribution in [2.24, 2.45) is 0 Å². The molecule has 0 unspecified atom stereocenters. The Labute approximate surface area is 182 Å². The number of hydrogen-bond acceptors (Lipinski definition) is 4. The van der Waals surface area contributed by atoms with Crippen molar-refractivity contribution in [1.29, 1.82) is 0 Å². The molecule has 1 N–H and O–H groups in total. The first-order valence-electron chi connectivity index (χ1n) is 10.4.